The Morgan fingerprint density at radius 2 is 1.74 bits per heavy atom. The van der Waals surface area contributed by atoms with Gasteiger partial charge in [-0.15, -0.1) is 11.3 Å². The molecule has 1 atom stereocenters. The van der Waals surface area contributed by atoms with Crippen LogP contribution in [0.3, 0.4) is 0 Å². The number of hydrogen-bond donors (Lipinski definition) is 3. The fraction of sp³-hybridized carbons (Fsp3) is 0.300. The van der Waals surface area contributed by atoms with Gasteiger partial charge < -0.3 is 16.0 Å². The van der Waals surface area contributed by atoms with Gasteiger partial charge in [0.05, 0.1) is 22.8 Å². The van der Waals surface area contributed by atoms with Crippen molar-refractivity contribution in [1.29, 1.82) is 0 Å². The minimum Gasteiger partial charge on any atom is -0.367 e. The predicted octanol–water partition coefficient (Wildman–Crippen LogP) is 5.22. The zero-order chi connectivity index (χ0) is 25.9. The van der Waals surface area contributed by atoms with Gasteiger partial charge in [-0.3, -0.25) is 9.59 Å². The van der Waals surface area contributed by atoms with Crippen molar-refractivity contribution >= 4 is 58.0 Å². The Balaban J connectivity index is 1.70. The Bertz CT molecular complexity index is 1250. The van der Waals surface area contributed by atoms with Crippen molar-refractivity contribution in [3.63, 3.8) is 0 Å². The molecule has 0 aliphatic heterocycles. The van der Waals surface area contributed by atoms with Crippen molar-refractivity contribution in [2.75, 3.05) is 10.6 Å². The van der Waals surface area contributed by atoms with E-state index in [4.69, 9.17) is 23.2 Å². The third-order valence-corrected chi connectivity index (χ3v) is 6.14. The number of aromatic nitrogens is 4. The van der Waals surface area contributed by atoms with E-state index in [1.807, 2.05) is 13.8 Å². The van der Waals surface area contributed by atoms with Gasteiger partial charge in [0.1, 0.15) is 32.9 Å². The molecule has 2 amide bonds. The smallest absolute Gasteiger partial charge is 0.367 e. The van der Waals surface area contributed by atoms with Crippen molar-refractivity contribution in [1.82, 2.24) is 25.3 Å². The van der Waals surface area contributed by atoms with E-state index in [0.717, 1.165) is 17.5 Å². The predicted molar refractivity (Wildman–Crippen MR) is 126 cm³/mol. The molecule has 0 bridgehead atoms. The normalized spacial score (nSPS) is 12.4. The molecule has 0 aromatic carbocycles. The summed E-state index contributed by atoms with van der Waals surface area (Å²) in [6.07, 6.45) is -1.46. The molecule has 0 fully saturated rings. The lowest BCUT2D eigenvalue weighted by molar-refractivity contribution is -0.137. The lowest BCUT2D eigenvalue weighted by Gasteiger charge is -2.14. The molecule has 0 saturated carbocycles. The number of rotatable bonds is 7. The lowest BCUT2D eigenvalue weighted by Crippen LogP contribution is -2.28. The Morgan fingerprint density at radius 3 is 2.40 bits per heavy atom. The van der Waals surface area contributed by atoms with Gasteiger partial charge in [-0.1, -0.05) is 23.2 Å². The van der Waals surface area contributed by atoms with E-state index in [1.54, 1.807) is 6.92 Å². The third-order valence-electron chi connectivity index (χ3n) is 4.30. The molecule has 3 N–H and O–H groups in total. The van der Waals surface area contributed by atoms with Crippen molar-refractivity contribution in [2.45, 2.75) is 39.0 Å². The molecule has 186 valence electrons. The maximum absolute atomic E-state index is 13.0. The Kier molecular flexibility index (Phi) is 8.13. The van der Waals surface area contributed by atoms with E-state index < -0.39 is 34.6 Å². The van der Waals surface area contributed by atoms with Gasteiger partial charge in [-0.05, 0) is 26.8 Å². The lowest BCUT2D eigenvalue weighted by atomic mass is 10.2. The maximum Gasteiger partial charge on any atom is 0.418 e. The van der Waals surface area contributed by atoms with Gasteiger partial charge in [-0.25, -0.2) is 19.9 Å². The summed E-state index contributed by atoms with van der Waals surface area (Å²) in [4.78, 5) is 41.0. The summed E-state index contributed by atoms with van der Waals surface area (Å²) in [5.74, 6) is -1.32. The number of nitrogens with one attached hydrogen (secondary N) is 3. The molecule has 3 rings (SSSR count). The SMILES string of the molecule is CC(C)Nc1ncnc(C(=O)NC(C)c2ncc(C(=O)Nc3cc(C(F)(F)F)c(Cl)cn3)s2)c1Cl. The molecule has 0 aliphatic carbocycles. The van der Waals surface area contributed by atoms with Crippen LogP contribution in [0.5, 0.6) is 0 Å². The fourth-order valence-corrected chi connectivity index (χ4v) is 3.99. The second-order valence-corrected chi connectivity index (χ2v) is 9.29. The topological polar surface area (TPSA) is 122 Å². The number of carbonyl (C=O) groups excluding carboxylic acids is 2. The monoisotopic (exact) mass is 547 g/mol. The van der Waals surface area contributed by atoms with E-state index in [-0.39, 0.29) is 27.5 Å². The first-order valence-corrected chi connectivity index (χ1v) is 11.5. The molecule has 3 aromatic rings. The number of pyridine rings is 1. The van der Waals surface area contributed by atoms with Crippen LogP contribution in [0, 0.1) is 0 Å². The van der Waals surface area contributed by atoms with Crippen LogP contribution in [0.25, 0.3) is 0 Å². The molecule has 15 heteroatoms. The number of nitrogens with zero attached hydrogens (tertiary/aromatic N) is 4. The summed E-state index contributed by atoms with van der Waals surface area (Å²) < 4.78 is 39.1. The molecule has 0 spiro atoms. The molecule has 0 saturated heterocycles. The fourth-order valence-electron chi connectivity index (χ4n) is 2.72. The van der Waals surface area contributed by atoms with Crippen molar-refractivity contribution < 1.29 is 22.8 Å². The van der Waals surface area contributed by atoms with Crippen LogP contribution in [0.1, 0.15) is 57.5 Å². The quantitative estimate of drug-likeness (QED) is 0.370. The second kappa shape index (κ2) is 10.7. The summed E-state index contributed by atoms with van der Waals surface area (Å²) >= 11 is 12.7. The van der Waals surface area contributed by atoms with Crippen LogP contribution in [0.4, 0.5) is 24.8 Å². The summed E-state index contributed by atoms with van der Waals surface area (Å²) in [5, 5.41) is 7.82. The molecule has 3 aromatic heterocycles. The average molecular weight is 548 g/mol. The van der Waals surface area contributed by atoms with Gasteiger partial charge in [0.25, 0.3) is 11.8 Å². The number of thiazole rings is 1. The van der Waals surface area contributed by atoms with E-state index in [9.17, 15) is 22.8 Å². The van der Waals surface area contributed by atoms with Crippen LogP contribution >= 0.6 is 34.5 Å². The number of hydrogen-bond acceptors (Lipinski definition) is 8. The highest BCUT2D eigenvalue weighted by Crippen LogP contribution is 2.35. The first kappa shape index (κ1) is 26.6. The standard InChI is InChI=1S/C20H18Cl2F3N7O2S/c1-8(2)30-16-14(22)15(28-7-29-16)18(34)31-9(3)19-27-6-12(35-19)17(33)32-13-4-10(20(23,24)25)11(21)5-26-13/h4-9H,1-3H3,(H,31,34)(H,26,32,33)(H,28,29,30). The van der Waals surface area contributed by atoms with Gasteiger partial charge in [0.2, 0.25) is 0 Å². The van der Waals surface area contributed by atoms with Crippen LogP contribution in [-0.2, 0) is 6.18 Å². The number of amides is 2. The molecule has 0 radical (unpaired) electrons. The summed E-state index contributed by atoms with van der Waals surface area (Å²) in [5.41, 5.74) is -1.17. The summed E-state index contributed by atoms with van der Waals surface area (Å²) in [6.45, 7) is 5.40. The molecule has 1 unspecified atom stereocenters. The molecule has 0 aliphatic rings. The Hall–Kier alpha value is -3.03. The van der Waals surface area contributed by atoms with E-state index in [0.29, 0.717) is 16.9 Å². The third kappa shape index (κ3) is 6.55. The number of carbonyl (C=O) groups is 2. The molecule has 35 heavy (non-hydrogen) atoms. The molecular weight excluding hydrogens is 530 g/mol. The highest BCUT2D eigenvalue weighted by Gasteiger charge is 2.34. The Labute approximate surface area is 211 Å². The van der Waals surface area contributed by atoms with Crippen molar-refractivity contribution in [3.05, 3.63) is 56.0 Å². The van der Waals surface area contributed by atoms with Gasteiger partial charge in [0.15, 0.2) is 5.69 Å². The molecular formula is C20H18Cl2F3N7O2S. The van der Waals surface area contributed by atoms with E-state index in [1.165, 1.54) is 12.5 Å². The number of anilines is 2. The molecule has 9 nitrogen and oxygen atoms in total. The number of halogens is 5. The highest BCUT2D eigenvalue weighted by atomic mass is 35.5. The first-order valence-electron chi connectivity index (χ1n) is 9.94. The van der Waals surface area contributed by atoms with Crippen molar-refractivity contribution in [3.8, 4) is 0 Å². The highest BCUT2D eigenvalue weighted by molar-refractivity contribution is 7.13. The van der Waals surface area contributed by atoms with Crippen LogP contribution in [0.2, 0.25) is 10.0 Å². The second-order valence-electron chi connectivity index (χ2n) is 7.44. The first-order chi connectivity index (χ1) is 16.4. The largest absolute Gasteiger partial charge is 0.418 e. The van der Waals surface area contributed by atoms with Crippen LogP contribution < -0.4 is 16.0 Å². The summed E-state index contributed by atoms with van der Waals surface area (Å²) in [7, 11) is 0. The average Bonchev–Trinajstić information content (AvgIpc) is 3.26. The van der Waals surface area contributed by atoms with E-state index in [2.05, 4.69) is 35.9 Å². The van der Waals surface area contributed by atoms with Gasteiger partial charge in [0, 0.05) is 12.2 Å². The number of alkyl halides is 3. The minimum atomic E-state index is -4.71. The minimum absolute atomic E-state index is 0.0280. The molecule has 3 heterocycles. The van der Waals surface area contributed by atoms with Crippen molar-refractivity contribution in [2.24, 2.45) is 0 Å². The van der Waals surface area contributed by atoms with Gasteiger partial charge in [-0.2, -0.15) is 13.2 Å². The maximum atomic E-state index is 13.0. The summed E-state index contributed by atoms with van der Waals surface area (Å²) in [6, 6.07) is 0.0335. The van der Waals surface area contributed by atoms with Crippen LogP contribution in [-0.4, -0.2) is 37.8 Å². The Morgan fingerprint density at radius 1 is 1.03 bits per heavy atom. The zero-order valence-electron chi connectivity index (χ0n) is 18.4. The van der Waals surface area contributed by atoms with E-state index >= 15 is 0 Å². The van der Waals surface area contributed by atoms with Crippen LogP contribution in [0.15, 0.2) is 24.8 Å². The van der Waals surface area contributed by atoms with Gasteiger partial charge >= 0.3 is 6.18 Å². The zero-order valence-corrected chi connectivity index (χ0v) is 20.7.